The fourth-order valence-electron chi connectivity index (χ4n) is 3.39. The monoisotopic (exact) mass is 393 g/mol. The number of amides is 3. The Bertz CT molecular complexity index is 825. The number of benzene rings is 1. The van der Waals surface area contributed by atoms with Gasteiger partial charge in [-0.3, -0.25) is 19.3 Å². The molecule has 0 aliphatic carbocycles. The molecule has 3 amide bonds. The molecule has 0 atom stereocenters. The molecule has 9 heteroatoms. The molecule has 2 aliphatic heterocycles. The van der Waals surface area contributed by atoms with Gasteiger partial charge < -0.3 is 4.90 Å². The van der Waals surface area contributed by atoms with Gasteiger partial charge in [0.25, 0.3) is 11.8 Å². The summed E-state index contributed by atoms with van der Waals surface area (Å²) in [5.41, 5.74) is 0.809. The number of carbonyl (C=O) groups excluding carboxylic acids is 3. The summed E-state index contributed by atoms with van der Waals surface area (Å²) in [4.78, 5) is 39.8. The molecule has 1 fully saturated rings. The van der Waals surface area contributed by atoms with Crippen molar-refractivity contribution in [3.8, 4) is 0 Å². The lowest BCUT2D eigenvalue weighted by molar-refractivity contribution is -0.132. The Morgan fingerprint density at radius 3 is 2.07 bits per heavy atom. The van der Waals surface area contributed by atoms with Crippen molar-refractivity contribution in [1.82, 2.24) is 14.1 Å². The van der Waals surface area contributed by atoms with Crippen molar-refractivity contribution in [3.63, 3.8) is 0 Å². The van der Waals surface area contributed by atoms with Gasteiger partial charge in [-0.1, -0.05) is 12.1 Å². The molecule has 0 saturated carbocycles. The van der Waals surface area contributed by atoms with Gasteiger partial charge in [0, 0.05) is 39.1 Å². The van der Waals surface area contributed by atoms with E-state index in [1.807, 2.05) is 0 Å². The van der Waals surface area contributed by atoms with Gasteiger partial charge in [0.15, 0.2) is 0 Å². The number of rotatable bonds is 6. The Kier molecular flexibility index (Phi) is 5.61. The third-order valence-corrected chi connectivity index (χ3v) is 6.88. The lowest BCUT2D eigenvalue weighted by Gasteiger charge is -2.34. The molecular formula is C18H23N3O5S. The Morgan fingerprint density at radius 1 is 1.00 bits per heavy atom. The number of hydrogen-bond acceptors (Lipinski definition) is 5. The van der Waals surface area contributed by atoms with E-state index in [0.717, 1.165) is 0 Å². The van der Waals surface area contributed by atoms with Crippen LogP contribution in [0.3, 0.4) is 0 Å². The Labute approximate surface area is 158 Å². The summed E-state index contributed by atoms with van der Waals surface area (Å²) >= 11 is 0. The fraction of sp³-hybridized carbons (Fsp3) is 0.500. The molecule has 0 aromatic heterocycles. The molecule has 0 radical (unpaired) electrons. The zero-order chi connectivity index (χ0) is 19.6. The third-order valence-electron chi connectivity index (χ3n) is 5.00. The lowest BCUT2D eigenvalue weighted by Crippen LogP contribution is -2.50. The fourth-order valence-corrected chi connectivity index (χ4v) is 4.47. The largest absolute Gasteiger partial charge is 0.340 e. The summed E-state index contributed by atoms with van der Waals surface area (Å²) in [6.07, 6.45) is 0.603. The van der Waals surface area contributed by atoms with Gasteiger partial charge in [0.1, 0.15) is 0 Å². The second-order valence-electron chi connectivity index (χ2n) is 6.59. The molecule has 27 heavy (non-hydrogen) atoms. The zero-order valence-electron chi connectivity index (χ0n) is 15.3. The molecule has 1 saturated heterocycles. The van der Waals surface area contributed by atoms with Gasteiger partial charge >= 0.3 is 0 Å². The number of sulfonamides is 1. The molecule has 146 valence electrons. The van der Waals surface area contributed by atoms with Crippen molar-refractivity contribution < 1.29 is 22.8 Å². The smallest absolute Gasteiger partial charge is 0.261 e. The van der Waals surface area contributed by atoms with Crippen molar-refractivity contribution >= 4 is 27.7 Å². The average molecular weight is 393 g/mol. The second kappa shape index (κ2) is 7.77. The summed E-state index contributed by atoms with van der Waals surface area (Å²) in [5.74, 6) is -0.663. The van der Waals surface area contributed by atoms with Crippen LogP contribution in [0.15, 0.2) is 24.3 Å². The van der Waals surface area contributed by atoms with Crippen LogP contribution >= 0.6 is 0 Å². The Hall–Kier alpha value is -2.26. The number of hydrogen-bond donors (Lipinski definition) is 0. The van der Waals surface area contributed by atoms with Gasteiger partial charge in [0.2, 0.25) is 15.9 Å². The van der Waals surface area contributed by atoms with Crippen LogP contribution < -0.4 is 0 Å². The van der Waals surface area contributed by atoms with Crippen LogP contribution in [0.5, 0.6) is 0 Å². The quantitative estimate of drug-likeness (QED) is 0.658. The maximum Gasteiger partial charge on any atom is 0.261 e. The minimum absolute atomic E-state index is 0.0568. The highest BCUT2D eigenvalue weighted by atomic mass is 32.2. The van der Waals surface area contributed by atoms with E-state index >= 15 is 0 Å². The molecule has 1 aromatic rings. The zero-order valence-corrected chi connectivity index (χ0v) is 16.1. The molecule has 0 bridgehead atoms. The van der Waals surface area contributed by atoms with E-state index in [2.05, 4.69) is 0 Å². The molecular weight excluding hydrogens is 370 g/mol. The first-order valence-electron chi connectivity index (χ1n) is 9.06. The van der Waals surface area contributed by atoms with Gasteiger partial charge in [-0.2, -0.15) is 4.31 Å². The van der Waals surface area contributed by atoms with Crippen LogP contribution in [0.4, 0.5) is 0 Å². The molecule has 0 N–H and O–H groups in total. The molecule has 8 nitrogen and oxygen atoms in total. The van der Waals surface area contributed by atoms with Crippen LogP contribution in [-0.4, -0.2) is 78.7 Å². The molecule has 2 heterocycles. The minimum atomic E-state index is -3.22. The van der Waals surface area contributed by atoms with Crippen LogP contribution in [0.2, 0.25) is 0 Å². The summed E-state index contributed by atoms with van der Waals surface area (Å²) in [6.45, 7) is 3.14. The summed E-state index contributed by atoms with van der Waals surface area (Å²) in [6, 6.07) is 6.69. The summed E-state index contributed by atoms with van der Waals surface area (Å²) in [7, 11) is -3.22. The van der Waals surface area contributed by atoms with Crippen LogP contribution in [0.25, 0.3) is 0 Å². The first kappa shape index (κ1) is 19.5. The first-order chi connectivity index (χ1) is 12.8. The summed E-state index contributed by atoms with van der Waals surface area (Å²) < 4.78 is 25.1. The van der Waals surface area contributed by atoms with E-state index in [1.165, 1.54) is 9.21 Å². The van der Waals surface area contributed by atoms with E-state index < -0.39 is 10.0 Å². The molecule has 3 rings (SSSR count). The number of imide groups is 1. The highest BCUT2D eigenvalue weighted by molar-refractivity contribution is 7.89. The van der Waals surface area contributed by atoms with E-state index in [-0.39, 0.29) is 36.4 Å². The number of nitrogens with zero attached hydrogens (tertiary/aromatic N) is 3. The van der Waals surface area contributed by atoms with Gasteiger partial charge in [-0.25, -0.2) is 8.42 Å². The topological polar surface area (TPSA) is 95.1 Å². The predicted octanol–water partition coefficient (Wildman–Crippen LogP) is 0.557. The van der Waals surface area contributed by atoms with Crippen LogP contribution in [-0.2, 0) is 14.8 Å². The summed E-state index contributed by atoms with van der Waals surface area (Å²) in [5, 5.41) is 0. The first-order valence-corrected chi connectivity index (χ1v) is 10.7. The van der Waals surface area contributed by atoms with E-state index in [0.29, 0.717) is 43.7 Å². The Morgan fingerprint density at radius 2 is 1.56 bits per heavy atom. The second-order valence-corrected chi connectivity index (χ2v) is 8.85. The van der Waals surface area contributed by atoms with E-state index in [1.54, 1.807) is 36.1 Å². The highest BCUT2D eigenvalue weighted by Gasteiger charge is 2.35. The number of piperazine rings is 1. The minimum Gasteiger partial charge on any atom is -0.340 e. The molecule has 0 spiro atoms. The predicted molar refractivity (Wildman–Crippen MR) is 98.7 cm³/mol. The molecule has 0 unspecified atom stereocenters. The molecule has 2 aliphatic rings. The van der Waals surface area contributed by atoms with Crippen molar-refractivity contribution in [2.45, 2.75) is 19.8 Å². The standard InChI is InChI=1S/C18H23N3O5S/c1-2-27(25,26)20-12-10-19(11-13-20)16(22)8-5-9-21-17(23)14-6-3-4-7-15(14)18(21)24/h3-4,6-7H,2,5,8-13H2,1H3. The normalized spacial score (nSPS) is 18.1. The van der Waals surface area contributed by atoms with E-state index in [4.69, 9.17) is 0 Å². The SMILES string of the molecule is CCS(=O)(=O)N1CCN(C(=O)CCCN2C(=O)c3ccccc3C2=O)CC1. The van der Waals surface area contributed by atoms with Crippen molar-refractivity contribution in [3.05, 3.63) is 35.4 Å². The van der Waals surface area contributed by atoms with Crippen LogP contribution in [0, 0.1) is 0 Å². The average Bonchev–Trinajstić information content (AvgIpc) is 2.93. The number of fused-ring (bicyclic) bond motifs is 1. The van der Waals surface area contributed by atoms with Gasteiger partial charge in [-0.15, -0.1) is 0 Å². The number of carbonyl (C=O) groups is 3. The van der Waals surface area contributed by atoms with Crippen molar-refractivity contribution in [1.29, 1.82) is 0 Å². The lowest BCUT2D eigenvalue weighted by atomic mass is 10.1. The van der Waals surface area contributed by atoms with Crippen molar-refractivity contribution in [2.24, 2.45) is 0 Å². The highest BCUT2D eigenvalue weighted by Crippen LogP contribution is 2.22. The van der Waals surface area contributed by atoms with Crippen LogP contribution in [0.1, 0.15) is 40.5 Å². The van der Waals surface area contributed by atoms with E-state index in [9.17, 15) is 22.8 Å². The third kappa shape index (κ3) is 3.89. The molecule has 1 aromatic carbocycles. The van der Waals surface area contributed by atoms with Crippen molar-refractivity contribution in [2.75, 3.05) is 38.5 Å². The van der Waals surface area contributed by atoms with Gasteiger partial charge in [0.05, 0.1) is 16.9 Å². The maximum absolute atomic E-state index is 12.3. The maximum atomic E-state index is 12.3. The van der Waals surface area contributed by atoms with Gasteiger partial charge in [-0.05, 0) is 25.5 Å². The Balaban J connectivity index is 1.47.